The monoisotopic (exact) mass is 410 g/mol. The van der Waals surface area contributed by atoms with E-state index in [9.17, 15) is 13.6 Å². The molecule has 0 spiro atoms. The van der Waals surface area contributed by atoms with E-state index in [0.29, 0.717) is 6.61 Å². The fourth-order valence-corrected chi connectivity index (χ4v) is 3.79. The van der Waals surface area contributed by atoms with Gasteiger partial charge in [0, 0.05) is 0 Å². The number of hydrogen-bond acceptors (Lipinski definition) is 3. The highest BCUT2D eigenvalue weighted by Gasteiger charge is 2.24. The molecule has 0 aliphatic heterocycles. The maximum atomic E-state index is 14.3. The predicted molar refractivity (Wildman–Crippen MR) is 111 cm³/mol. The Bertz CT molecular complexity index is 612. The molecule has 0 unspecified atom stereocenters. The molecule has 0 heterocycles. The molecule has 2 rings (SSSR count). The van der Waals surface area contributed by atoms with Gasteiger partial charge in [-0.3, -0.25) is 0 Å². The lowest BCUT2D eigenvalue weighted by Gasteiger charge is -2.22. The van der Waals surface area contributed by atoms with E-state index in [-0.39, 0.29) is 17.4 Å². The highest BCUT2D eigenvalue weighted by molar-refractivity contribution is 5.90. The summed E-state index contributed by atoms with van der Waals surface area (Å²) in [6, 6.07) is 2.58. The van der Waals surface area contributed by atoms with Crippen LogP contribution in [0.25, 0.3) is 0 Å². The van der Waals surface area contributed by atoms with Crippen molar-refractivity contribution in [1.29, 1.82) is 0 Å². The SMILES string of the molecule is CCCCCCCCCCCOc1ccc(C(=O)OC2CCCCC2)c(F)c1F. The van der Waals surface area contributed by atoms with Crippen molar-refractivity contribution in [1.82, 2.24) is 0 Å². The zero-order valence-corrected chi connectivity index (χ0v) is 17.8. The second kappa shape index (κ2) is 13.6. The van der Waals surface area contributed by atoms with Gasteiger partial charge in [-0.2, -0.15) is 4.39 Å². The number of rotatable bonds is 13. The fraction of sp³-hybridized carbons (Fsp3) is 0.708. The van der Waals surface area contributed by atoms with Crippen molar-refractivity contribution in [3.05, 3.63) is 29.3 Å². The zero-order chi connectivity index (χ0) is 20.9. The number of hydrogen-bond donors (Lipinski definition) is 0. The van der Waals surface area contributed by atoms with E-state index >= 15 is 0 Å². The van der Waals surface area contributed by atoms with Crippen LogP contribution in [0.4, 0.5) is 8.78 Å². The molecular formula is C24H36F2O3. The van der Waals surface area contributed by atoms with Crippen LogP contribution in [0.2, 0.25) is 0 Å². The Morgan fingerprint density at radius 2 is 1.52 bits per heavy atom. The van der Waals surface area contributed by atoms with E-state index in [1.807, 2.05) is 0 Å². The summed E-state index contributed by atoms with van der Waals surface area (Å²) in [6.07, 6.45) is 15.1. The first kappa shape index (κ1) is 23.6. The summed E-state index contributed by atoms with van der Waals surface area (Å²) in [5.74, 6) is -3.23. The minimum atomic E-state index is -1.18. The molecule has 1 aliphatic carbocycles. The molecule has 0 saturated heterocycles. The van der Waals surface area contributed by atoms with Gasteiger partial charge < -0.3 is 9.47 Å². The average Bonchev–Trinajstić information content (AvgIpc) is 2.73. The molecule has 3 nitrogen and oxygen atoms in total. The normalized spacial score (nSPS) is 14.7. The van der Waals surface area contributed by atoms with Crippen LogP contribution < -0.4 is 4.74 Å². The lowest BCUT2D eigenvalue weighted by atomic mass is 9.98. The predicted octanol–water partition coefficient (Wildman–Crippen LogP) is 7.36. The molecule has 0 aromatic heterocycles. The Kier molecular flexibility index (Phi) is 11.0. The molecular weight excluding hydrogens is 374 g/mol. The average molecular weight is 411 g/mol. The van der Waals surface area contributed by atoms with E-state index in [2.05, 4.69) is 6.92 Å². The van der Waals surface area contributed by atoms with Crippen LogP contribution in [0, 0.1) is 11.6 Å². The van der Waals surface area contributed by atoms with E-state index in [1.165, 1.54) is 50.7 Å². The van der Waals surface area contributed by atoms with Gasteiger partial charge >= 0.3 is 5.97 Å². The summed E-state index contributed by atoms with van der Waals surface area (Å²) < 4.78 is 39.3. The van der Waals surface area contributed by atoms with E-state index in [4.69, 9.17) is 9.47 Å². The van der Waals surface area contributed by atoms with E-state index in [0.717, 1.165) is 51.4 Å². The van der Waals surface area contributed by atoms with Gasteiger partial charge in [0.1, 0.15) is 6.10 Å². The van der Waals surface area contributed by atoms with Crippen molar-refractivity contribution in [2.45, 2.75) is 103 Å². The first-order valence-electron chi connectivity index (χ1n) is 11.4. The molecule has 1 aliphatic rings. The second-order valence-corrected chi connectivity index (χ2v) is 8.08. The molecule has 0 amide bonds. The van der Waals surface area contributed by atoms with Gasteiger partial charge in [-0.15, -0.1) is 0 Å². The summed E-state index contributed by atoms with van der Waals surface area (Å²) in [6.45, 7) is 2.56. The van der Waals surface area contributed by atoms with Crippen molar-refractivity contribution in [3.8, 4) is 5.75 Å². The van der Waals surface area contributed by atoms with Crippen LogP contribution in [-0.4, -0.2) is 18.7 Å². The first-order valence-corrected chi connectivity index (χ1v) is 11.4. The summed E-state index contributed by atoms with van der Waals surface area (Å²) in [5, 5.41) is 0. The van der Waals surface area contributed by atoms with Crippen molar-refractivity contribution >= 4 is 5.97 Å². The molecule has 1 aromatic rings. The number of benzene rings is 1. The summed E-state index contributed by atoms with van der Waals surface area (Å²) in [4.78, 5) is 12.2. The smallest absolute Gasteiger partial charge is 0.341 e. The maximum absolute atomic E-state index is 14.3. The van der Waals surface area contributed by atoms with Gasteiger partial charge in [0.25, 0.3) is 0 Å². The number of carbonyl (C=O) groups is 1. The van der Waals surface area contributed by atoms with Crippen molar-refractivity contribution in [2.24, 2.45) is 0 Å². The molecule has 0 bridgehead atoms. The Hall–Kier alpha value is -1.65. The molecule has 0 atom stereocenters. The maximum Gasteiger partial charge on any atom is 0.341 e. The molecule has 164 valence electrons. The van der Waals surface area contributed by atoms with Gasteiger partial charge in [0.15, 0.2) is 11.6 Å². The zero-order valence-electron chi connectivity index (χ0n) is 17.8. The number of unbranched alkanes of at least 4 members (excludes halogenated alkanes) is 8. The van der Waals surface area contributed by atoms with Gasteiger partial charge in [-0.05, 0) is 44.2 Å². The quantitative estimate of drug-likeness (QED) is 0.252. The third kappa shape index (κ3) is 8.31. The molecule has 29 heavy (non-hydrogen) atoms. The third-order valence-electron chi connectivity index (χ3n) is 5.60. The Labute approximate surface area is 174 Å². The van der Waals surface area contributed by atoms with Gasteiger partial charge in [0.05, 0.1) is 12.2 Å². The number of ether oxygens (including phenoxy) is 2. The molecule has 0 N–H and O–H groups in total. The lowest BCUT2D eigenvalue weighted by molar-refractivity contribution is 0.0205. The van der Waals surface area contributed by atoms with Gasteiger partial charge in [0.2, 0.25) is 5.82 Å². The first-order chi connectivity index (χ1) is 14.1. The van der Waals surface area contributed by atoms with Crippen molar-refractivity contribution in [2.75, 3.05) is 6.61 Å². The number of esters is 1. The third-order valence-corrected chi connectivity index (χ3v) is 5.60. The molecule has 1 aromatic carbocycles. The Morgan fingerprint density at radius 3 is 2.17 bits per heavy atom. The highest BCUT2D eigenvalue weighted by Crippen LogP contribution is 2.26. The van der Waals surface area contributed by atoms with E-state index < -0.39 is 17.6 Å². The lowest BCUT2D eigenvalue weighted by Crippen LogP contribution is -2.21. The number of carbonyl (C=O) groups excluding carboxylic acids is 1. The fourth-order valence-electron chi connectivity index (χ4n) is 3.79. The second-order valence-electron chi connectivity index (χ2n) is 8.08. The molecule has 1 fully saturated rings. The van der Waals surface area contributed by atoms with Gasteiger partial charge in [-0.1, -0.05) is 64.7 Å². The van der Waals surface area contributed by atoms with Crippen LogP contribution in [0.3, 0.4) is 0 Å². The van der Waals surface area contributed by atoms with Gasteiger partial charge in [-0.25, -0.2) is 9.18 Å². The standard InChI is InChI=1S/C24H36F2O3/c1-2-3-4-5-6-7-8-9-13-18-28-21-17-16-20(22(25)23(21)26)24(27)29-19-14-11-10-12-15-19/h16-17,19H,2-15,18H2,1H3. The van der Waals surface area contributed by atoms with Crippen molar-refractivity contribution in [3.63, 3.8) is 0 Å². The topological polar surface area (TPSA) is 35.5 Å². The van der Waals surface area contributed by atoms with Crippen LogP contribution in [0.1, 0.15) is 107 Å². The summed E-state index contributed by atoms with van der Waals surface area (Å²) in [5.41, 5.74) is -0.358. The highest BCUT2D eigenvalue weighted by atomic mass is 19.2. The molecule has 1 saturated carbocycles. The van der Waals surface area contributed by atoms with Crippen LogP contribution >= 0.6 is 0 Å². The Balaban J connectivity index is 1.69. The Morgan fingerprint density at radius 1 is 0.897 bits per heavy atom. The van der Waals surface area contributed by atoms with Crippen molar-refractivity contribution < 1.29 is 23.0 Å². The molecule has 5 heteroatoms. The molecule has 0 radical (unpaired) electrons. The van der Waals surface area contributed by atoms with E-state index in [1.54, 1.807) is 0 Å². The minimum Gasteiger partial charge on any atom is -0.490 e. The van der Waals surface area contributed by atoms with Crippen LogP contribution in [0.5, 0.6) is 5.75 Å². The number of halogens is 2. The van der Waals surface area contributed by atoms with Crippen LogP contribution in [0.15, 0.2) is 12.1 Å². The minimum absolute atomic E-state index is 0.142. The summed E-state index contributed by atoms with van der Waals surface area (Å²) >= 11 is 0. The largest absolute Gasteiger partial charge is 0.490 e. The van der Waals surface area contributed by atoms with Crippen LogP contribution in [-0.2, 0) is 4.74 Å². The summed E-state index contributed by atoms with van der Waals surface area (Å²) in [7, 11) is 0.